The molecule has 3 aliphatic heterocycles. The highest BCUT2D eigenvalue weighted by Crippen LogP contribution is 2.52. The van der Waals surface area contributed by atoms with Crippen LogP contribution in [0, 0.1) is 0 Å². The fraction of sp³-hybridized carbons (Fsp3) is 0.556. The molecule has 0 radical (unpaired) electrons. The number of nitrogens with zero attached hydrogens (tertiary/aromatic N) is 4. The third-order valence-corrected chi connectivity index (χ3v) is 11.3. The van der Waals surface area contributed by atoms with E-state index in [4.69, 9.17) is 42.9 Å². The summed E-state index contributed by atoms with van der Waals surface area (Å²) in [5.41, 5.74) is 0.523. The summed E-state index contributed by atoms with van der Waals surface area (Å²) >= 11 is 0. The van der Waals surface area contributed by atoms with Gasteiger partial charge in [-0.15, -0.1) is 9.42 Å². The van der Waals surface area contributed by atoms with E-state index in [1.165, 1.54) is 6.07 Å². The number of H-pyrrole nitrogens is 2. The summed E-state index contributed by atoms with van der Waals surface area (Å²) in [6, 6.07) is 2.90. The number of nitrogen functional groups attached to an aromatic ring is 1. The molecule has 33 heteroatoms. The first-order valence-corrected chi connectivity index (χ1v) is 21.0. The number of nitrogens with one attached hydrogen (secondary N) is 2. The minimum atomic E-state index is -5.51. The topological polar surface area (TPSA) is 437 Å². The Morgan fingerprint density at radius 3 is 1.58 bits per heavy atom. The minimum absolute atomic E-state index is 0.164. The average molecular weight is 919 g/mol. The fourth-order valence-electron chi connectivity index (χ4n) is 6.24. The third-order valence-electron chi connectivity index (χ3n) is 9.00. The number of aliphatic hydroxyl groups is 4. The predicted octanol–water partition coefficient (Wildman–Crippen LogP) is -5.27. The minimum Gasteiger partial charge on any atom is -0.387 e. The van der Waals surface area contributed by atoms with Crippen molar-refractivity contribution in [2.75, 3.05) is 25.6 Å². The van der Waals surface area contributed by atoms with Crippen molar-refractivity contribution in [3.8, 4) is 0 Å². The van der Waals surface area contributed by atoms with Crippen molar-refractivity contribution in [2.45, 2.75) is 73.6 Å². The van der Waals surface area contributed by atoms with Crippen molar-refractivity contribution in [1.29, 1.82) is 0 Å². The normalized spacial score (nSPS) is 32.8. The maximum absolute atomic E-state index is 13.3. The number of aromatic nitrogens is 6. The van der Waals surface area contributed by atoms with E-state index in [9.17, 15) is 67.9 Å². The fourth-order valence-corrected chi connectivity index (χ4v) is 8.44. The van der Waals surface area contributed by atoms with Crippen LogP contribution < -0.4 is 33.9 Å². The second kappa shape index (κ2) is 18.2. The molecule has 11 N–H and O–H groups in total. The van der Waals surface area contributed by atoms with Gasteiger partial charge < -0.3 is 50.2 Å². The van der Waals surface area contributed by atoms with Gasteiger partial charge in [-0.2, -0.15) is 4.98 Å². The summed E-state index contributed by atoms with van der Waals surface area (Å²) in [5, 5.41) is 43.2. The lowest BCUT2D eigenvalue weighted by molar-refractivity contribution is -0.0638. The van der Waals surface area contributed by atoms with Gasteiger partial charge in [0.15, 0.2) is 18.7 Å². The number of phosphoric acid groups is 2. The van der Waals surface area contributed by atoms with Gasteiger partial charge >= 0.3 is 41.0 Å². The standard InChI is InChI=1S/C27H34N7O23P3/c28-13-1-4-32(25(41)29-13)22-17(38)16(37)10(53-22)8-51-59(46,47)57-21-12(55-24(19(21)40)34-6-3-15(36)31-27(34)43)9-52-60(48,49)56-20-11(7-50-58(44)45)54-23(18(20)39)33-5-2-14(35)30-26(33)42/h1-6,10-12,16-24,37-40H,7-9H2,(H6-,28,29,30,31,35,36,41,42,43,44,45,46,47,48,49)/p+1/t10-,11-,12-,16-,17-,18-,19-,20-,21-,22-,23-,24-/m1/s1. The number of anilines is 1. The molecule has 30 nitrogen and oxygen atoms in total. The van der Waals surface area contributed by atoms with Crippen LogP contribution in [-0.2, 0) is 50.5 Å². The molecule has 0 spiro atoms. The molecule has 3 unspecified atom stereocenters. The van der Waals surface area contributed by atoms with Crippen molar-refractivity contribution >= 4 is 29.7 Å². The lowest BCUT2D eigenvalue weighted by Crippen LogP contribution is -2.39. The van der Waals surface area contributed by atoms with Crippen molar-refractivity contribution in [3.63, 3.8) is 0 Å². The van der Waals surface area contributed by atoms with E-state index in [0.717, 1.165) is 35.3 Å². The van der Waals surface area contributed by atoms with Gasteiger partial charge in [0.2, 0.25) is 0 Å². The van der Waals surface area contributed by atoms with E-state index < -0.39 is 146 Å². The highest BCUT2D eigenvalue weighted by Gasteiger charge is 2.53. The van der Waals surface area contributed by atoms with Crippen molar-refractivity contribution in [3.05, 3.63) is 89.0 Å². The molecular weight excluding hydrogens is 883 g/mol. The monoisotopic (exact) mass is 918 g/mol. The van der Waals surface area contributed by atoms with Crippen molar-refractivity contribution < 1.29 is 85.6 Å². The number of hydrogen-bond donors (Lipinski definition) is 10. The van der Waals surface area contributed by atoms with Gasteiger partial charge in [-0.3, -0.25) is 51.4 Å². The molecular formula is C27H35N7O23P3+. The number of phosphoric ester groups is 2. The van der Waals surface area contributed by atoms with Crippen LogP contribution in [0.3, 0.4) is 0 Å². The van der Waals surface area contributed by atoms with Gasteiger partial charge in [0.25, 0.3) is 11.1 Å². The number of aromatic amines is 2. The number of hydrogen-bond acceptors (Lipinski definition) is 22. The maximum Gasteiger partial charge on any atom is 0.694 e. The van der Waals surface area contributed by atoms with E-state index in [-0.39, 0.29) is 5.82 Å². The van der Waals surface area contributed by atoms with Gasteiger partial charge in [-0.25, -0.2) is 23.5 Å². The molecule has 15 atom stereocenters. The summed E-state index contributed by atoms with van der Waals surface area (Å²) in [6.45, 7) is -3.10. The number of aliphatic hydroxyl groups excluding tert-OH is 4. The second-order valence-electron chi connectivity index (χ2n) is 12.9. The Bertz CT molecular complexity index is 2460. The molecule has 3 saturated heterocycles. The molecule has 3 aliphatic rings. The van der Waals surface area contributed by atoms with Crippen LogP contribution in [0.1, 0.15) is 18.7 Å². The molecule has 6 heterocycles. The van der Waals surface area contributed by atoms with Crippen LogP contribution in [0.15, 0.2) is 60.8 Å². The molecule has 0 aromatic carbocycles. The second-order valence-corrected chi connectivity index (χ2v) is 16.5. The van der Waals surface area contributed by atoms with Crippen LogP contribution in [0.5, 0.6) is 0 Å². The zero-order valence-electron chi connectivity index (χ0n) is 29.9. The van der Waals surface area contributed by atoms with E-state index in [0.29, 0.717) is 9.13 Å². The first-order valence-electron chi connectivity index (χ1n) is 16.9. The van der Waals surface area contributed by atoms with E-state index in [1.807, 2.05) is 9.97 Å². The van der Waals surface area contributed by atoms with Gasteiger partial charge in [0.1, 0.15) is 67.4 Å². The first kappa shape index (κ1) is 45.5. The lowest BCUT2D eigenvalue weighted by Gasteiger charge is -2.25. The number of rotatable bonds is 16. The van der Waals surface area contributed by atoms with Gasteiger partial charge in [-0.1, -0.05) is 0 Å². The Morgan fingerprint density at radius 1 is 0.683 bits per heavy atom. The summed E-state index contributed by atoms with van der Waals surface area (Å²) in [5.74, 6) is -0.164. The molecule has 0 amide bonds. The van der Waals surface area contributed by atoms with Crippen LogP contribution in [0.25, 0.3) is 0 Å². The Kier molecular flexibility index (Phi) is 13.8. The maximum atomic E-state index is 13.3. The molecule has 330 valence electrons. The highest BCUT2D eigenvalue weighted by atomic mass is 31.2. The Balaban J connectivity index is 1.18. The van der Waals surface area contributed by atoms with Crippen LogP contribution >= 0.6 is 23.9 Å². The highest BCUT2D eigenvalue weighted by molar-refractivity contribution is 7.47. The third kappa shape index (κ3) is 10.2. The molecule has 3 fully saturated rings. The Morgan fingerprint density at radius 2 is 1.12 bits per heavy atom. The molecule has 0 aliphatic carbocycles. The van der Waals surface area contributed by atoms with Crippen molar-refractivity contribution in [2.24, 2.45) is 0 Å². The summed E-state index contributed by atoms with van der Waals surface area (Å²) in [4.78, 5) is 98.3. The molecule has 0 saturated carbocycles. The molecule has 3 aromatic heterocycles. The Hall–Kier alpha value is -4.00. The van der Waals surface area contributed by atoms with Gasteiger partial charge in [-0.05, 0) is 6.07 Å². The number of ether oxygens (including phenoxy) is 3. The summed E-state index contributed by atoms with van der Waals surface area (Å²) < 4.78 is 81.2. The molecule has 0 bridgehead atoms. The number of nitrogens with two attached hydrogens (primary N) is 1. The quantitative estimate of drug-likeness (QED) is 0.0600. The molecule has 6 rings (SSSR count). The first-order chi connectivity index (χ1) is 28.1. The zero-order chi connectivity index (χ0) is 43.8. The zero-order valence-corrected chi connectivity index (χ0v) is 32.6. The molecule has 3 aromatic rings. The van der Waals surface area contributed by atoms with E-state index in [1.54, 1.807) is 0 Å². The predicted molar refractivity (Wildman–Crippen MR) is 188 cm³/mol. The lowest BCUT2D eigenvalue weighted by atomic mass is 10.1. The van der Waals surface area contributed by atoms with Crippen LogP contribution in [0.2, 0.25) is 0 Å². The smallest absolute Gasteiger partial charge is 0.387 e. The van der Waals surface area contributed by atoms with Gasteiger partial charge in [0.05, 0.1) is 13.2 Å². The Labute approximate surface area is 332 Å². The van der Waals surface area contributed by atoms with E-state index >= 15 is 0 Å². The SMILES string of the molecule is Nc1ccn([C@@H]2O[C@H](COP(=O)(O)O[C@H]3[C@@H](O)[C@H](n4ccc(=O)[nH]c4=O)O[C@@H]3COP(=O)(O)O[C@H]3[C@@H](O)[C@H](n4ccc(=O)[nH]c4=O)O[C@@H]3CO[P+](=O)O)[C@@H](O)[C@H]2O)c(=O)n1. The summed E-state index contributed by atoms with van der Waals surface area (Å²) in [6.07, 6.45) is -19.4. The van der Waals surface area contributed by atoms with Crippen LogP contribution in [0.4, 0.5) is 5.82 Å². The van der Waals surface area contributed by atoms with Crippen LogP contribution in [-0.4, -0.2) is 139 Å². The molecule has 60 heavy (non-hydrogen) atoms. The van der Waals surface area contributed by atoms with Crippen molar-refractivity contribution in [1.82, 2.24) is 28.7 Å². The average Bonchev–Trinajstić information content (AvgIpc) is 3.74. The van der Waals surface area contributed by atoms with E-state index in [2.05, 4.69) is 9.51 Å². The summed E-state index contributed by atoms with van der Waals surface area (Å²) in [7, 11) is -14.3. The largest absolute Gasteiger partial charge is 0.694 e. The van der Waals surface area contributed by atoms with Gasteiger partial charge in [0, 0.05) is 35.3 Å².